The van der Waals surface area contributed by atoms with Crippen LogP contribution >= 0.6 is 11.3 Å². The zero-order valence-corrected chi connectivity index (χ0v) is 16.4. The van der Waals surface area contributed by atoms with Crippen molar-refractivity contribution in [1.82, 2.24) is 0 Å². The standard InChI is InChI=1S/C20H20N2O5S/c1-20(2)19(26)21-13-6-3-4-7-14(13)22(20)17(24)12-27-18(25)10-9-15(23)16-8-5-11-28-16/h3-8,11H,9-10,12H2,1-2H3,(H,21,26). The molecule has 0 spiro atoms. The number of nitrogens with one attached hydrogen (secondary N) is 1. The van der Waals surface area contributed by atoms with Gasteiger partial charge in [-0.3, -0.25) is 24.1 Å². The molecule has 0 bridgehead atoms. The summed E-state index contributed by atoms with van der Waals surface area (Å²) in [5.74, 6) is -1.61. The summed E-state index contributed by atoms with van der Waals surface area (Å²) >= 11 is 1.31. The summed E-state index contributed by atoms with van der Waals surface area (Å²) < 4.78 is 5.06. The monoisotopic (exact) mass is 400 g/mol. The van der Waals surface area contributed by atoms with Crippen molar-refractivity contribution in [3.8, 4) is 0 Å². The second kappa shape index (κ2) is 7.93. The second-order valence-electron chi connectivity index (χ2n) is 6.82. The van der Waals surface area contributed by atoms with Crippen LogP contribution in [0.3, 0.4) is 0 Å². The smallest absolute Gasteiger partial charge is 0.306 e. The molecule has 146 valence electrons. The topological polar surface area (TPSA) is 92.8 Å². The SMILES string of the molecule is CC1(C)C(=O)Nc2ccccc2N1C(=O)COC(=O)CCC(=O)c1cccs1. The van der Waals surface area contributed by atoms with Gasteiger partial charge in [-0.05, 0) is 37.4 Å². The summed E-state index contributed by atoms with van der Waals surface area (Å²) in [4.78, 5) is 50.9. The minimum Gasteiger partial charge on any atom is -0.456 e. The fourth-order valence-corrected chi connectivity index (χ4v) is 3.65. The molecular formula is C20H20N2O5S. The lowest BCUT2D eigenvalue weighted by molar-refractivity contribution is -0.148. The molecular weight excluding hydrogens is 380 g/mol. The number of ketones is 1. The molecule has 0 radical (unpaired) electrons. The van der Waals surface area contributed by atoms with Crippen LogP contribution in [-0.4, -0.2) is 35.7 Å². The van der Waals surface area contributed by atoms with Crippen LogP contribution in [0.4, 0.5) is 11.4 Å². The third-order valence-electron chi connectivity index (χ3n) is 4.47. The molecule has 0 saturated carbocycles. The zero-order chi connectivity index (χ0) is 20.3. The molecule has 0 saturated heterocycles. The average Bonchev–Trinajstić information content (AvgIpc) is 3.20. The Labute approximate surface area is 166 Å². The van der Waals surface area contributed by atoms with E-state index >= 15 is 0 Å². The number of ether oxygens (including phenoxy) is 1. The van der Waals surface area contributed by atoms with Crippen LogP contribution in [0.15, 0.2) is 41.8 Å². The number of anilines is 2. The number of carbonyl (C=O) groups excluding carboxylic acids is 4. The van der Waals surface area contributed by atoms with Crippen molar-refractivity contribution < 1.29 is 23.9 Å². The summed E-state index contributed by atoms with van der Waals surface area (Å²) in [5.41, 5.74) is -0.0680. The normalized spacial score (nSPS) is 14.8. The summed E-state index contributed by atoms with van der Waals surface area (Å²) in [6, 6.07) is 10.4. The lowest BCUT2D eigenvalue weighted by atomic mass is 9.96. The van der Waals surface area contributed by atoms with E-state index < -0.39 is 24.0 Å². The fourth-order valence-electron chi connectivity index (χ4n) is 2.95. The predicted molar refractivity (Wildman–Crippen MR) is 105 cm³/mol. The van der Waals surface area contributed by atoms with E-state index in [1.165, 1.54) is 16.2 Å². The Balaban J connectivity index is 1.61. The van der Waals surface area contributed by atoms with E-state index in [9.17, 15) is 19.2 Å². The molecule has 1 aromatic carbocycles. The number of hydrogen-bond donors (Lipinski definition) is 1. The van der Waals surface area contributed by atoms with Gasteiger partial charge in [-0.25, -0.2) is 0 Å². The molecule has 2 amide bonds. The van der Waals surface area contributed by atoms with Crippen molar-refractivity contribution in [3.63, 3.8) is 0 Å². The fraction of sp³-hybridized carbons (Fsp3) is 0.300. The highest BCUT2D eigenvalue weighted by Gasteiger charge is 2.43. The predicted octanol–water partition coefficient (Wildman–Crippen LogP) is 3.02. The Bertz CT molecular complexity index is 920. The van der Waals surface area contributed by atoms with Gasteiger partial charge in [0.05, 0.1) is 22.7 Å². The van der Waals surface area contributed by atoms with E-state index in [2.05, 4.69) is 5.32 Å². The summed E-state index contributed by atoms with van der Waals surface area (Å²) in [6.07, 6.45) is -0.0849. The highest BCUT2D eigenvalue weighted by atomic mass is 32.1. The summed E-state index contributed by atoms with van der Waals surface area (Å²) in [5, 5.41) is 4.56. The maximum Gasteiger partial charge on any atom is 0.306 e. The number of nitrogens with zero attached hydrogens (tertiary/aromatic N) is 1. The largest absolute Gasteiger partial charge is 0.456 e. The molecule has 0 unspecified atom stereocenters. The van der Waals surface area contributed by atoms with Crippen molar-refractivity contribution in [2.75, 3.05) is 16.8 Å². The Hall–Kier alpha value is -3.00. The number of benzene rings is 1. The van der Waals surface area contributed by atoms with Crippen molar-refractivity contribution in [2.24, 2.45) is 0 Å². The first-order valence-electron chi connectivity index (χ1n) is 8.76. The van der Waals surface area contributed by atoms with Gasteiger partial charge in [0.25, 0.3) is 5.91 Å². The first kappa shape index (κ1) is 19.8. The number of esters is 1. The Morgan fingerprint density at radius 3 is 2.57 bits per heavy atom. The van der Waals surface area contributed by atoms with Crippen LogP contribution in [0.1, 0.15) is 36.4 Å². The Kier molecular flexibility index (Phi) is 5.60. The second-order valence-corrected chi connectivity index (χ2v) is 7.77. The molecule has 0 aliphatic carbocycles. The van der Waals surface area contributed by atoms with Gasteiger partial charge in [-0.15, -0.1) is 11.3 Å². The Morgan fingerprint density at radius 1 is 1.11 bits per heavy atom. The van der Waals surface area contributed by atoms with Gasteiger partial charge in [0.2, 0.25) is 5.91 Å². The van der Waals surface area contributed by atoms with Gasteiger partial charge in [-0.2, -0.15) is 0 Å². The summed E-state index contributed by atoms with van der Waals surface area (Å²) in [7, 11) is 0. The lowest BCUT2D eigenvalue weighted by Gasteiger charge is -2.41. The number of hydrogen-bond acceptors (Lipinski definition) is 6. The van der Waals surface area contributed by atoms with Crippen molar-refractivity contribution in [3.05, 3.63) is 46.7 Å². The molecule has 1 N–H and O–H groups in total. The maximum absolute atomic E-state index is 12.8. The van der Waals surface area contributed by atoms with E-state index in [0.717, 1.165) is 0 Å². The zero-order valence-electron chi connectivity index (χ0n) is 15.6. The molecule has 8 heteroatoms. The van der Waals surface area contributed by atoms with Gasteiger partial charge in [0.1, 0.15) is 5.54 Å². The molecule has 2 heterocycles. The van der Waals surface area contributed by atoms with E-state index in [1.54, 1.807) is 55.6 Å². The van der Waals surface area contributed by atoms with Crippen LogP contribution in [0.25, 0.3) is 0 Å². The van der Waals surface area contributed by atoms with Gasteiger partial charge in [0.15, 0.2) is 12.4 Å². The van der Waals surface area contributed by atoms with Gasteiger partial charge in [-0.1, -0.05) is 18.2 Å². The van der Waals surface area contributed by atoms with Gasteiger partial charge in [0, 0.05) is 6.42 Å². The van der Waals surface area contributed by atoms with Gasteiger partial charge < -0.3 is 10.1 Å². The molecule has 28 heavy (non-hydrogen) atoms. The third-order valence-corrected chi connectivity index (χ3v) is 5.38. The lowest BCUT2D eigenvalue weighted by Crippen LogP contribution is -2.59. The first-order chi connectivity index (χ1) is 13.3. The van der Waals surface area contributed by atoms with Crippen molar-refractivity contribution in [2.45, 2.75) is 32.2 Å². The van der Waals surface area contributed by atoms with E-state index in [-0.39, 0.29) is 24.5 Å². The van der Waals surface area contributed by atoms with Crippen LogP contribution in [0, 0.1) is 0 Å². The van der Waals surface area contributed by atoms with Crippen molar-refractivity contribution in [1.29, 1.82) is 0 Å². The van der Waals surface area contributed by atoms with E-state index in [4.69, 9.17) is 4.74 Å². The van der Waals surface area contributed by atoms with Gasteiger partial charge >= 0.3 is 5.97 Å². The number of amides is 2. The maximum atomic E-state index is 12.8. The number of fused-ring (bicyclic) bond motifs is 1. The molecule has 0 fully saturated rings. The molecule has 1 aliphatic heterocycles. The highest BCUT2D eigenvalue weighted by molar-refractivity contribution is 7.12. The molecule has 0 atom stereocenters. The van der Waals surface area contributed by atoms with Crippen LogP contribution in [0.5, 0.6) is 0 Å². The molecule has 1 aliphatic rings. The minimum atomic E-state index is -1.13. The molecule has 7 nitrogen and oxygen atoms in total. The molecule has 3 rings (SSSR count). The average molecular weight is 400 g/mol. The number of rotatable bonds is 6. The molecule has 1 aromatic heterocycles. The quantitative estimate of drug-likeness (QED) is 0.594. The number of thiophene rings is 1. The highest BCUT2D eigenvalue weighted by Crippen LogP contribution is 2.36. The van der Waals surface area contributed by atoms with E-state index in [1.807, 2.05) is 0 Å². The Morgan fingerprint density at radius 2 is 1.86 bits per heavy atom. The third kappa shape index (κ3) is 3.96. The minimum absolute atomic E-state index is 0.0218. The molecule has 2 aromatic rings. The van der Waals surface area contributed by atoms with Crippen LogP contribution in [-0.2, 0) is 19.1 Å². The van der Waals surface area contributed by atoms with E-state index in [0.29, 0.717) is 16.3 Å². The summed E-state index contributed by atoms with van der Waals surface area (Å²) in [6.45, 7) is 2.74. The van der Waals surface area contributed by atoms with Crippen LogP contribution in [0.2, 0.25) is 0 Å². The van der Waals surface area contributed by atoms with Crippen molar-refractivity contribution >= 4 is 46.3 Å². The number of Topliss-reactive ketones (excluding diaryl/α,β-unsaturated/α-hetero) is 1. The number of para-hydroxylation sites is 2. The first-order valence-corrected chi connectivity index (χ1v) is 9.64. The number of carbonyl (C=O) groups is 4. The van der Waals surface area contributed by atoms with Crippen LogP contribution < -0.4 is 10.2 Å².